The quantitative estimate of drug-likeness (QED) is 0.376. The Balaban J connectivity index is 1.13. The molecular weight excluding hydrogens is 496 g/mol. The summed E-state index contributed by atoms with van der Waals surface area (Å²) in [6, 6.07) is 28.9. The summed E-state index contributed by atoms with van der Waals surface area (Å²) in [6.07, 6.45) is 4.05. The molecule has 2 atom stereocenters. The number of fused-ring (bicyclic) bond motifs is 4. The number of aromatic nitrogens is 1. The summed E-state index contributed by atoms with van der Waals surface area (Å²) in [5, 5.41) is 1.17. The zero-order valence-corrected chi connectivity index (χ0v) is 22.8. The molecule has 1 aromatic heterocycles. The van der Waals surface area contributed by atoms with Crippen LogP contribution < -0.4 is 0 Å². The second-order valence-electron chi connectivity index (χ2n) is 11.6. The number of hydrogen-bond acceptors (Lipinski definition) is 3. The molecule has 2 fully saturated rings. The molecule has 3 aromatic carbocycles. The van der Waals surface area contributed by atoms with Gasteiger partial charge in [-0.2, -0.15) is 0 Å². The Bertz CT molecular complexity index is 1510. The minimum atomic E-state index is -0.434. The lowest BCUT2D eigenvalue weighted by Crippen LogP contribution is -2.65. The van der Waals surface area contributed by atoms with Crippen LogP contribution in [0.25, 0.3) is 10.9 Å². The van der Waals surface area contributed by atoms with Crippen molar-refractivity contribution >= 4 is 22.7 Å². The second-order valence-corrected chi connectivity index (χ2v) is 11.6. The molecule has 0 bridgehead atoms. The summed E-state index contributed by atoms with van der Waals surface area (Å²) >= 11 is 0. The zero-order chi connectivity index (χ0) is 27.1. The third kappa shape index (κ3) is 4.60. The van der Waals surface area contributed by atoms with Gasteiger partial charge >= 0.3 is 0 Å². The minimum Gasteiger partial charge on any atom is -0.356 e. The van der Waals surface area contributed by atoms with E-state index in [2.05, 4.69) is 82.7 Å². The maximum atomic E-state index is 14.2. The number of piperazine rings is 1. The topological polar surface area (TPSA) is 59.7 Å². The third-order valence-corrected chi connectivity index (χ3v) is 9.21. The standard InChI is InChI=1S/C34H36N4O2/c39-32-23-37(26-17-19-36(20-18-26)22-25-11-5-2-6-12-25)34(40)31-21-28-27-13-7-8-14-29(27)35-33(28)30(38(31)32)16-15-24-9-3-1-4-10-24/h1-14,26,30-31,35H,15-23H2/t30-,31+/m1/s1. The third-order valence-electron chi connectivity index (χ3n) is 9.21. The highest BCUT2D eigenvalue weighted by atomic mass is 16.2. The molecule has 4 aromatic rings. The van der Waals surface area contributed by atoms with Gasteiger partial charge < -0.3 is 14.8 Å². The van der Waals surface area contributed by atoms with Gasteiger partial charge in [0.1, 0.15) is 12.6 Å². The van der Waals surface area contributed by atoms with Crippen LogP contribution in [0.5, 0.6) is 0 Å². The van der Waals surface area contributed by atoms with E-state index in [0.29, 0.717) is 6.42 Å². The minimum absolute atomic E-state index is 0.0821. The first kappa shape index (κ1) is 25.1. The van der Waals surface area contributed by atoms with Crippen molar-refractivity contribution in [3.8, 4) is 0 Å². The van der Waals surface area contributed by atoms with Crippen LogP contribution in [0.2, 0.25) is 0 Å². The van der Waals surface area contributed by atoms with E-state index in [1.165, 1.54) is 22.1 Å². The van der Waals surface area contributed by atoms with E-state index >= 15 is 0 Å². The first-order valence-corrected chi connectivity index (χ1v) is 14.7. The van der Waals surface area contributed by atoms with Gasteiger partial charge in [-0.05, 0) is 48.4 Å². The molecule has 3 aliphatic rings. The largest absolute Gasteiger partial charge is 0.356 e. The number of para-hydroxylation sites is 1. The average molecular weight is 533 g/mol. The first-order valence-electron chi connectivity index (χ1n) is 14.7. The molecule has 0 aliphatic carbocycles. The van der Waals surface area contributed by atoms with Crippen molar-refractivity contribution in [2.75, 3.05) is 19.6 Å². The van der Waals surface area contributed by atoms with E-state index < -0.39 is 6.04 Å². The lowest BCUT2D eigenvalue weighted by Gasteiger charge is -2.49. The number of piperidine rings is 1. The van der Waals surface area contributed by atoms with E-state index in [9.17, 15) is 9.59 Å². The normalized spacial score (nSPS) is 22.0. The Morgan fingerprint density at radius 1 is 0.800 bits per heavy atom. The molecule has 2 saturated heterocycles. The van der Waals surface area contributed by atoms with Crippen LogP contribution in [0.3, 0.4) is 0 Å². The molecule has 2 amide bonds. The number of likely N-dealkylation sites (tertiary alicyclic amines) is 1. The Hall–Kier alpha value is -3.90. The summed E-state index contributed by atoms with van der Waals surface area (Å²) < 4.78 is 0. The number of rotatable bonds is 6. The maximum absolute atomic E-state index is 14.2. The van der Waals surface area contributed by atoms with Crippen LogP contribution in [0.15, 0.2) is 84.9 Å². The maximum Gasteiger partial charge on any atom is 0.246 e. The van der Waals surface area contributed by atoms with Crippen LogP contribution in [0.4, 0.5) is 0 Å². The number of nitrogens with one attached hydrogen (secondary N) is 1. The number of benzene rings is 3. The zero-order valence-electron chi connectivity index (χ0n) is 22.8. The molecule has 1 N–H and O–H groups in total. The molecule has 3 aliphatic heterocycles. The number of carbonyl (C=O) groups excluding carboxylic acids is 2. The lowest BCUT2D eigenvalue weighted by molar-refractivity contribution is -0.163. The van der Waals surface area contributed by atoms with Gasteiger partial charge in [0.2, 0.25) is 11.8 Å². The number of amides is 2. The van der Waals surface area contributed by atoms with E-state index in [1.807, 2.05) is 21.9 Å². The molecule has 0 radical (unpaired) electrons. The number of hydrogen-bond donors (Lipinski definition) is 1. The number of H-pyrrole nitrogens is 1. The Labute approximate surface area is 235 Å². The predicted octanol–water partition coefficient (Wildman–Crippen LogP) is 5.10. The first-order chi connectivity index (χ1) is 19.7. The number of aromatic amines is 1. The van der Waals surface area contributed by atoms with Gasteiger partial charge in [-0.25, -0.2) is 0 Å². The van der Waals surface area contributed by atoms with Gasteiger partial charge in [-0.15, -0.1) is 0 Å². The van der Waals surface area contributed by atoms with Crippen LogP contribution in [0, 0.1) is 0 Å². The van der Waals surface area contributed by atoms with Gasteiger partial charge in [-0.1, -0.05) is 78.9 Å². The van der Waals surface area contributed by atoms with E-state index in [0.717, 1.165) is 56.5 Å². The highest BCUT2D eigenvalue weighted by Gasteiger charge is 2.49. The molecule has 7 rings (SSSR count). The SMILES string of the molecule is O=C1[C@@H]2Cc3c([nH]c4ccccc34)[C@@H](CCc3ccccc3)N2C(=O)CN1C1CCN(Cc2ccccc2)CC1. The molecule has 0 unspecified atom stereocenters. The fraction of sp³-hybridized carbons (Fsp3) is 0.353. The van der Waals surface area contributed by atoms with E-state index in [4.69, 9.17) is 0 Å². The van der Waals surface area contributed by atoms with Crippen molar-refractivity contribution in [3.05, 3.63) is 107 Å². The van der Waals surface area contributed by atoms with Crippen molar-refractivity contribution in [3.63, 3.8) is 0 Å². The highest BCUT2D eigenvalue weighted by molar-refractivity contribution is 5.97. The summed E-state index contributed by atoms with van der Waals surface area (Å²) in [4.78, 5) is 38.0. The predicted molar refractivity (Wildman–Crippen MR) is 157 cm³/mol. The molecule has 6 nitrogen and oxygen atoms in total. The van der Waals surface area contributed by atoms with Crippen LogP contribution in [0.1, 0.15) is 47.7 Å². The molecule has 0 saturated carbocycles. The second kappa shape index (κ2) is 10.6. The van der Waals surface area contributed by atoms with Crippen molar-refractivity contribution in [1.29, 1.82) is 0 Å². The Kier molecular flexibility index (Phi) is 6.64. The molecule has 4 heterocycles. The van der Waals surface area contributed by atoms with Crippen molar-refractivity contribution in [2.24, 2.45) is 0 Å². The summed E-state index contributed by atoms with van der Waals surface area (Å²) in [7, 11) is 0. The number of carbonyl (C=O) groups is 2. The summed E-state index contributed by atoms with van der Waals surface area (Å²) in [6.45, 7) is 3.01. The smallest absolute Gasteiger partial charge is 0.246 e. The fourth-order valence-corrected chi connectivity index (χ4v) is 7.20. The van der Waals surface area contributed by atoms with Crippen LogP contribution in [-0.4, -0.2) is 63.2 Å². The van der Waals surface area contributed by atoms with Crippen LogP contribution in [-0.2, 0) is 29.0 Å². The molecule has 0 spiro atoms. The van der Waals surface area contributed by atoms with Gasteiger partial charge in [-0.3, -0.25) is 14.5 Å². The lowest BCUT2D eigenvalue weighted by atomic mass is 9.86. The van der Waals surface area contributed by atoms with Gasteiger partial charge in [0.15, 0.2) is 0 Å². The number of aryl methyl sites for hydroxylation is 1. The highest BCUT2D eigenvalue weighted by Crippen LogP contribution is 2.42. The van der Waals surface area contributed by atoms with E-state index in [1.54, 1.807) is 0 Å². The number of nitrogens with zero attached hydrogens (tertiary/aromatic N) is 3. The van der Waals surface area contributed by atoms with Crippen molar-refractivity contribution < 1.29 is 9.59 Å². The van der Waals surface area contributed by atoms with Gasteiger partial charge in [0.25, 0.3) is 0 Å². The van der Waals surface area contributed by atoms with Crippen molar-refractivity contribution in [1.82, 2.24) is 19.7 Å². The molecule has 40 heavy (non-hydrogen) atoms. The molecular formula is C34H36N4O2. The molecule has 6 heteroatoms. The molecule has 204 valence electrons. The summed E-state index contributed by atoms with van der Waals surface area (Å²) in [5.74, 6) is 0.209. The van der Waals surface area contributed by atoms with Crippen molar-refractivity contribution in [2.45, 2.75) is 56.8 Å². The average Bonchev–Trinajstić information content (AvgIpc) is 3.37. The van der Waals surface area contributed by atoms with Crippen LogP contribution >= 0.6 is 0 Å². The fourth-order valence-electron chi connectivity index (χ4n) is 7.20. The van der Waals surface area contributed by atoms with E-state index in [-0.39, 0.29) is 30.4 Å². The van der Waals surface area contributed by atoms with Gasteiger partial charge in [0, 0.05) is 48.7 Å². The Morgan fingerprint density at radius 3 is 2.23 bits per heavy atom. The Morgan fingerprint density at radius 2 is 1.48 bits per heavy atom. The summed E-state index contributed by atoms with van der Waals surface area (Å²) in [5.41, 5.74) is 5.97. The monoisotopic (exact) mass is 532 g/mol. The van der Waals surface area contributed by atoms with Gasteiger partial charge in [0.05, 0.1) is 6.04 Å².